The second-order valence-corrected chi connectivity index (χ2v) is 5.74. The summed E-state index contributed by atoms with van der Waals surface area (Å²) in [6, 6.07) is 10.5. The van der Waals surface area contributed by atoms with Gasteiger partial charge < -0.3 is 15.4 Å². The molecule has 2 N–H and O–H groups in total. The lowest BCUT2D eigenvalue weighted by Crippen LogP contribution is -2.40. The number of amides is 2. The van der Waals surface area contributed by atoms with Gasteiger partial charge in [0.25, 0.3) is 11.8 Å². The van der Waals surface area contributed by atoms with Gasteiger partial charge in [-0.2, -0.15) is 0 Å². The topological polar surface area (TPSA) is 84.5 Å². The van der Waals surface area contributed by atoms with E-state index in [1.54, 1.807) is 18.2 Å². The van der Waals surface area contributed by atoms with Gasteiger partial charge in [-0.1, -0.05) is 23.7 Å². The average Bonchev–Trinajstić information content (AvgIpc) is 2.61. The molecule has 0 aliphatic heterocycles. The number of esters is 1. The molecule has 0 saturated carbocycles. The maximum atomic E-state index is 12.8. The highest BCUT2D eigenvalue weighted by molar-refractivity contribution is 6.33. The lowest BCUT2D eigenvalue weighted by atomic mass is 10.2. The summed E-state index contributed by atoms with van der Waals surface area (Å²) in [7, 11) is 0. The first-order valence-corrected chi connectivity index (χ1v) is 8.02. The second-order valence-electron chi connectivity index (χ2n) is 5.34. The molecule has 2 amide bonds. The summed E-state index contributed by atoms with van der Waals surface area (Å²) in [6.45, 7) is 0.886. The fourth-order valence-corrected chi connectivity index (χ4v) is 2.19. The van der Waals surface area contributed by atoms with Crippen molar-refractivity contribution in [1.29, 1.82) is 0 Å². The fourth-order valence-electron chi connectivity index (χ4n) is 1.97. The molecule has 2 rings (SSSR count). The van der Waals surface area contributed by atoms with Crippen molar-refractivity contribution in [2.75, 3.05) is 11.9 Å². The second kappa shape index (κ2) is 8.96. The largest absolute Gasteiger partial charge is 0.454 e. The Morgan fingerprint density at radius 3 is 2.42 bits per heavy atom. The monoisotopic (exact) mass is 378 g/mol. The Morgan fingerprint density at radius 2 is 1.77 bits per heavy atom. The summed E-state index contributed by atoms with van der Waals surface area (Å²) in [5.41, 5.74) is 0.593. The number of ether oxygens (including phenoxy) is 1. The van der Waals surface area contributed by atoms with Gasteiger partial charge in [0.1, 0.15) is 11.9 Å². The van der Waals surface area contributed by atoms with Crippen molar-refractivity contribution < 1.29 is 23.5 Å². The van der Waals surface area contributed by atoms with Crippen molar-refractivity contribution in [3.05, 3.63) is 64.9 Å². The number of nitrogens with one attached hydrogen (secondary N) is 2. The molecule has 136 valence electrons. The molecular weight excluding hydrogens is 363 g/mol. The molecule has 0 bridgehead atoms. The van der Waals surface area contributed by atoms with Crippen LogP contribution in [0.2, 0.25) is 5.02 Å². The van der Waals surface area contributed by atoms with Crippen LogP contribution in [0.3, 0.4) is 0 Å². The number of benzene rings is 2. The van der Waals surface area contributed by atoms with Crippen molar-refractivity contribution in [2.45, 2.75) is 13.0 Å². The lowest BCUT2D eigenvalue weighted by Gasteiger charge is -2.14. The summed E-state index contributed by atoms with van der Waals surface area (Å²) in [6.07, 6.45) is 0. The molecule has 26 heavy (non-hydrogen) atoms. The number of carbonyl (C=O) groups is 3. The van der Waals surface area contributed by atoms with Gasteiger partial charge in [-0.15, -0.1) is 0 Å². The van der Waals surface area contributed by atoms with Gasteiger partial charge in [-0.3, -0.25) is 9.59 Å². The number of hydrogen-bond donors (Lipinski definition) is 2. The van der Waals surface area contributed by atoms with Gasteiger partial charge in [0, 0.05) is 5.69 Å². The van der Waals surface area contributed by atoms with Crippen LogP contribution in [-0.2, 0) is 14.3 Å². The molecule has 1 atom stereocenters. The van der Waals surface area contributed by atoms with Crippen LogP contribution in [0.15, 0.2) is 48.5 Å². The normalized spacial score (nSPS) is 11.3. The van der Waals surface area contributed by atoms with E-state index in [2.05, 4.69) is 10.6 Å². The summed E-state index contributed by atoms with van der Waals surface area (Å²) in [5, 5.41) is 5.15. The fraction of sp³-hybridized carbons (Fsp3) is 0.167. The summed E-state index contributed by atoms with van der Waals surface area (Å²) >= 11 is 5.92. The van der Waals surface area contributed by atoms with Gasteiger partial charge in [0.2, 0.25) is 0 Å². The first-order valence-electron chi connectivity index (χ1n) is 7.64. The van der Waals surface area contributed by atoms with Gasteiger partial charge in [0.05, 0.1) is 10.6 Å². The molecule has 0 fully saturated rings. The van der Waals surface area contributed by atoms with Crippen molar-refractivity contribution >= 4 is 35.1 Å². The molecule has 0 aromatic heterocycles. The van der Waals surface area contributed by atoms with Crippen LogP contribution in [0.25, 0.3) is 0 Å². The smallest absolute Gasteiger partial charge is 0.328 e. The maximum absolute atomic E-state index is 12.8. The van der Waals surface area contributed by atoms with E-state index in [0.29, 0.717) is 5.69 Å². The van der Waals surface area contributed by atoms with E-state index in [4.69, 9.17) is 16.3 Å². The first kappa shape index (κ1) is 19.4. The minimum atomic E-state index is -0.975. The van der Waals surface area contributed by atoms with Crippen molar-refractivity contribution in [1.82, 2.24) is 5.32 Å². The standard InChI is InChI=1S/C18H16ClFN2O4/c1-11(21-17(24)14-4-2-3-5-15(14)19)18(25)26-10-16(23)22-13-8-6-12(20)7-9-13/h2-9,11H,10H2,1H3,(H,21,24)(H,22,23)/t11-/m0/s1. The summed E-state index contributed by atoms with van der Waals surface area (Å²) < 4.78 is 17.6. The molecular formula is C18H16ClFN2O4. The summed E-state index contributed by atoms with van der Waals surface area (Å²) in [4.78, 5) is 35.7. The zero-order valence-electron chi connectivity index (χ0n) is 13.8. The molecule has 6 nitrogen and oxygen atoms in total. The van der Waals surface area contributed by atoms with Gasteiger partial charge in [0.15, 0.2) is 6.61 Å². The van der Waals surface area contributed by atoms with Crippen LogP contribution in [-0.4, -0.2) is 30.4 Å². The molecule has 0 aliphatic rings. The third kappa shape index (κ3) is 5.56. The lowest BCUT2D eigenvalue weighted by molar-refractivity contribution is -0.148. The Balaban J connectivity index is 1.81. The van der Waals surface area contributed by atoms with Gasteiger partial charge in [-0.25, -0.2) is 9.18 Å². The van der Waals surface area contributed by atoms with Gasteiger partial charge in [-0.05, 0) is 43.3 Å². The third-order valence-corrected chi connectivity index (χ3v) is 3.62. The quantitative estimate of drug-likeness (QED) is 0.757. The first-order chi connectivity index (χ1) is 12.4. The van der Waals surface area contributed by atoms with E-state index in [1.807, 2.05) is 0 Å². The van der Waals surface area contributed by atoms with Crippen LogP contribution >= 0.6 is 11.6 Å². The van der Waals surface area contributed by atoms with Crippen molar-refractivity contribution in [3.63, 3.8) is 0 Å². The molecule has 0 unspecified atom stereocenters. The average molecular weight is 379 g/mol. The molecule has 2 aromatic rings. The molecule has 0 radical (unpaired) electrons. The zero-order valence-corrected chi connectivity index (χ0v) is 14.5. The van der Waals surface area contributed by atoms with Crippen LogP contribution in [0.5, 0.6) is 0 Å². The van der Waals surface area contributed by atoms with E-state index in [1.165, 1.54) is 37.3 Å². The molecule has 0 aliphatic carbocycles. The SMILES string of the molecule is C[C@H](NC(=O)c1ccccc1Cl)C(=O)OCC(=O)Nc1ccc(F)cc1. The predicted molar refractivity (Wildman–Crippen MR) is 94.4 cm³/mol. The zero-order chi connectivity index (χ0) is 19.1. The van der Waals surface area contributed by atoms with E-state index in [0.717, 1.165) is 0 Å². The minimum absolute atomic E-state index is 0.225. The number of rotatable bonds is 6. The number of carbonyl (C=O) groups excluding carboxylic acids is 3. The Kier molecular flexibility index (Phi) is 6.68. The number of halogens is 2. The van der Waals surface area contributed by atoms with Crippen LogP contribution < -0.4 is 10.6 Å². The van der Waals surface area contributed by atoms with E-state index >= 15 is 0 Å². The van der Waals surface area contributed by atoms with E-state index < -0.39 is 36.2 Å². The Hall–Kier alpha value is -2.93. The highest BCUT2D eigenvalue weighted by Gasteiger charge is 2.20. The molecule has 0 heterocycles. The number of hydrogen-bond acceptors (Lipinski definition) is 4. The molecule has 0 saturated heterocycles. The minimum Gasteiger partial charge on any atom is -0.454 e. The van der Waals surface area contributed by atoms with E-state index in [9.17, 15) is 18.8 Å². The highest BCUT2D eigenvalue weighted by atomic mass is 35.5. The van der Waals surface area contributed by atoms with Crippen LogP contribution in [0, 0.1) is 5.82 Å². The third-order valence-electron chi connectivity index (χ3n) is 3.29. The van der Waals surface area contributed by atoms with Crippen LogP contribution in [0.1, 0.15) is 17.3 Å². The maximum Gasteiger partial charge on any atom is 0.328 e. The molecule has 0 spiro atoms. The van der Waals surface area contributed by atoms with E-state index in [-0.39, 0.29) is 10.6 Å². The van der Waals surface area contributed by atoms with Crippen LogP contribution in [0.4, 0.5) is 10.1 Å². The Morgan fingerprint density at radius 1 is 1.12 bits per heavy atom. The van der Waals surface area contributed by atoms with Crippen molar-refractivity contribution in [2.24, 2.45) is 0 Å². The Labute approximate surface area is 154 Å². The van der Waals surface area contributed by atoms with Gasteiger partial charge >= 0.3 is 5.97 Å². The predicted octanol–water partition coefficient (Wildman–Crippen LogP) is 2.78. The molecule has 8 heteroatoms. The van der Waals surface area contributed by atoms with Crippen molar-refractivity contribution in [3.8, 4) is 0 Å². The summed E-state index contributed by atoms with van der Waals surface area (Å²) in [5.74, 6) is -2.33. The Bertz CT molecular complexity index is 811. The molecule has 2 aromatic carbocycles. The highest BCUT2D eigenvalue weighted by Crippen LogP contribution is 2.14. The number of anilines is 1.